The maximum absolute atomic E-state index is 12.1. The van der Waals surface area contributed by atoms with Crippen LogP contribution in [0.3, 0.4) is 0 Å². The fourth-order valence-corrected chi connectivity index (χ4v) is 1.71. The minimum atomic E-state index is -0.463. The van der Waals surface area contributed by atoms with Crippen molar-refractivity contribution in [3.63, 3.8) is 0 Å². The van der Waals surface area contributed by atoms with E-state index in [-0.39, 0.29) is 5.97 Å². The molecule has 0 bridgehead atoms. The first kappa shape index (κ1) is 14.7. The van der Waals surface area contributed by atoms with Crippen LogP contribution in [0.15, 0.2) is 30.3 Å². The first-order valence-corrected chi connectivity index (χ1v) is 6.67. The van der Waals surface area contributed by atoms with E-state index in [1.54, 1.807) is 0 Å². The molecule has 2 nitrogen and oxygen atoms in total. The number of hydrogen-bond acceptors (Lipinski definition) is 2. The highest BCUT2D eigenvalue weighted by Crippen LogP contribution is 2.24. The molecule has 0 saturated heterocycles. The van der Waals surface area contributed by atoms with Crippen molar-refractivity contribution in [2.24, 2.45) is 11.3 Å². The maximum Gasteiger partial charge on any atom is 0.311 e. The van der Waals surface area contributed by atoms with Crippen LogP contribution in [0.2, 0.25) is 0 Å². The van der Waals surface area contributed by atoms with E-state index in [1.807, 2.05) is 44.2 Å². The molecule has 0 fully saturated rings. The van der Waals surface area contributed by atoms with Crippen LogP contribution in [-0.2, 0) is 16.0 Å². The van der Waals surface area contributed by atoms with Gasteiger partial charge in [-0.1, -0.05) is 50.6 Å². The Balaban J connectivity index is 2.55. The smallest absolute Gasteiger partial charge is 0.311 e. The zero-order chi connectivity index (χ0) is 13.6. The summed E-state index contributed by atoms with van der Waals surface area (Å²) in [6.45, 7) is 8.61. The lowest BCUT2D eigenvalue weighted by Gasteiger charge is -2.23. The van der Waals surface area contributed by atoms with Gasteiger partial charge in [0.05, 0.1) is 12.0 Å². The topological polar surface area (TPSA) is 26.3 Å². The number of hydrogen-bond donors (Lipinski definition) is 0. The highest BCUT2D eigenvalue weighted by molar-refractivity contribution is 5.76. The Bertz CT molecular complexity index is 368. The van der Waals surface area contributed by atoms with Gasteiger partial charge in [0.1, 0.15) is 0 Å². The lowest BCUT2D eigenvalue weighted by atomic mass is 9.86. The molecule has 0 heterocycles. The Morgan fingerprint density at radius 2 is 1.89 bits per heavy atom. The number of carbonyl (C=O) groups is 1. The van der Waals surface area contributed by atoms with Crippen molar-refractivity contribution in [2.75, 3.05) is 6.61 Å². The van der Waals surface area contributed by atoms with Gasteiger partial charge in [-0.05, 0) is 31.7 Å². The average molecular weight is 248 g/mol. The van der Waals surface area contributed by atoms with E-state index in [4.69, 9.17) is 4.74 Å². The van der Waals surface area contributed by atoms with Crippen LogP contribution >= 0.6 is 0 Å². The van der Waals surface area contributed by atoms with Crippen LogP contribution in [0.5, 0.6) is 0 Å². The second-order valence-corrected chi connectivity index (χ2v) is 5.66. The summed E-state index contributed by atoms with van der Waals surface area (Å²) in [5.74, 6) is 0.327. The van der Waals surface area contributed by atoms with Crippen LogP contribution in [0.1, 0.15) is 39.7 Å². The highest BCUT2D eigenvalue weighted by Gasteiger charge is 2.29. The van der Waals surface area contributed by atoms with E-state index in [0.717, 1.165) is 6.42 Å². The molecule has 0 radical (unpaired) electrons. The zero-order valence-electron chi connectivity index (χ0n) is 11.9. The number of carbonyl (C=O) groups excluding carboxylic acids is 1. The summed E-state index contributed by atoms with van der Waals surface area (Å²) in [6.07, 6.45) is 1.75. The van der Waals surface area contributed by atoms with Crippen molar-refractivity contribution < 1.29 is 9.53 Å². The fraction of sp³-hybridized carbons (Fsp3) is 0.562. The van der Waals surface area contributed by atoms with E-state index in [0.29, 0.717) is 18.9 Å². The van der Waals surface area contributed by atoms with E-state index >= 15 is 0 Å². The highest BCUT2D eigenvalue weighted by atomic mass is 16.5. The Kier molecular flexibility index (Phi) is 5.39. The van der Waals surface area contributed by atoms with Gasteiger partial charge in [-0.3, -0.25) is 4.79 Å². The van der Waals surface area contributed by atoms with Crippen LogP contribution in [0, 0.1) is 11.3 Å². The molecule has 0 saturated carbocycles. The van der Waals surface area contributed by atoms with Crippen LogP contribution in [0.25, 0.3) is 0 Å². The van der Waals surface area contributed by atoms with Gasteiger partial charge in [-0.2, -0.15) is 0 Å². The first-order chi connectivity index (χ1) is 8.45. The molecule has 1 aromatic carbocycles. The van der Waals surface area contributed by atoms with Gasteiger partial charge in [-0.25, -0.2) is 0 Å². The average Bonchev–Trinajstić information content (AvgIpc) is 2.36. The third-order valence-corrected chi connectivity index (χ3v) is 3.24. The fourth-order valence-electron chi connectivity index (χ4n) is 1.71. The summed E-state index contributed by atoms with van der Waals surface area (Å²) in [5, 5.41) is 0. The molecule has 18 heavy (non-hydrogen) atoms. The minimum Gasteiger partial charge on any atom is -0.465 e. The number of rotatable bonds is 6. The number of benzene rings is 1. The quantitative estimate of drug-likeness (QED) is 0.715. The summed E-state index contributed by atoms with van der Waals surface area (Å²) < 4.78 is 5.39. The number of esters is 1. The molecule has 0 spiro atoms. The Hall–Kier alpha value is -1.31. The third kappa shape index (κ3) is 4.52. The van der Waals surface area contributed by atoms with Gasteiger partial charge in [0.15, 0.2) is 0 Å². The van der Waals surface area contributed by atoms with Crippen molar-refractivity contribution in [3.05, 3.63) is 35.9 Å². The molecule has 0 aliphatic carbocycles. The molecule has 2 heteroatoms. The summed E-state index contributed by atoms with van der Waals surface area (Å²) in [5.41, 5.74) is 0.706. The molecule has 0 aliphatic rings. The zero-order valence-corrected chi connectivity index (χ0v) is 11.9. The molecule has 1 atom stereocenters. The van der Waals surface area contributed by atoms with Crippen molar-refractivity contribution in [1.82, 2.24) is 0 Å². The monoisotopic (exact) mass is 248 g/mol. The van der Waals surface area contributed by atoms with Gasteiger partial charge < -0.3 is 4.74 Å². The Labute approximate surface area is 110 Å². The van der Waals surface area contributed by atoms with Gasteiger partial charge in [-0.15, -0.1) is 0 Å². The molecular formula is C16H24O2. The van der Waals surface area contributed by atoms with Crippen molar-refractivity contribution in [2.45, 2.75) is 40.5 Å². The predicted octanol–water partition coefficient (Wildman–Crippen LogP) is 3.84. The maximum atomic E-state index is 12.1. The Morgan fingerprint density at radius 3 is 2.44 bits per heavy atom. The van der Waals surface area contributed by atoms with Crippen molar-refractivity contribution in [1.29, 1.82) is 0 Å². The molecule has 0 aliphatic heterocycles. The molecule has 0 amide bonds. The molecule has 0 aromatic heterocycles. The molecular weight excluding hydrogens is 224 g/mol. The van der Waals surface area contributed by atoms with Crippen LogP contribution < -0.4 is 0 Å². The molecule has 1 rings (SSSR count). The Morgan fingerprint density at radius 1 is 1.28 bits per heavy atom. The SMILES string of the molecule is CCC(C)COC(=O)C(C)(C)Cc1ccccc1. The first-order valence-electron chi connectivity index (χ1n) is 6.67. The van der Waals surface area contributed by atoms with Gasteiger partial charge in [0, 0.05) is 0 Å². The molecule has 100 valence electrons. The lowest BCUT2D eigenvalue weighted by molar-refractivity contribution is -0.155. The van der Waals surface area contributed by atoms with Gasteiger partial charge in [0.2, 0.25) is 0 Å². The van der Waals surface area contributed by atoms with E-state index in [9.17, 15) is 4.79 Å². The van der Waals surface area contributed by atoms with E-state index in [2.05, 4.69) is 13.8 Å². The standard InChI is InChI=1S/C16H24O2/c1-5-13(2)12-18-15(17)16(3,4)11-14-9-7-6-8-10-14/h6-10,13H,5,11-12H2,1-4H3. The third-order valence-electron chi connectivity index (χ3n) is 3.24. The van der Waals surface area contributed by atoms with Crippen LogP contribution in [0.4, 0.5) is 0 Å². The normalized spacial score (nSPS) is 13.1. The molecule has 1 unspecified atom stereocenters. The summed E-state index contributed by atoms with van der Waals surface area (Å²) >= 11 is 0. The largest absolute Gasteiger partial charge is 0.465 e. The second-order valence-electron chi connectivity index (χ2n) is 5.66. The second kappa shape index (κ2) is 6.58. The molecule has 0 N–H and O–H groups in total. The van der Waals surface area contributed by atoms with Gasteiger partial charge >= 0.3 is 5.97 Å². The van der Waals surface area contributed by atoms with Crippen molar-refractivity contribution in [3.8, 4) is 0 Å². The lowest BCUT2D eigenvalue weighted by Crippen LogP contribution is -2.30. The van der Waals surface area contributed by atoms with Crippen LogP contribution in [-0.4, -0.2) is 12.6 Å². The summed E-state index contributed by atoms with van der Waals surface area (Å²) in [6, 6.07) is 10.1. The predicted molar refractivity (Wildman–Crippen MR) is 74.3 cm³/mol. The summed E-state index contributed by atoms with van der Waals surface area (Å²) in [4.78, 5) is 12.1. The van der Waals surface area contributed by atoms with Crippen molar-refractivity contribution >= 4 is 5.97 Å². The summed E-state index contributed by atoms with van der Waals surface area (Å²) in [7, 11) is 0. The van der Waals surface area contributed by atoms with Gasteiger partial charge in [0.25, 0.3) is 0 Å². The van der Waals surface area contributed by atoms with E-state index in [1.165, 1.54) is 5.56 Å². The molecule has 1 aromatic rings. The minimum absolute atomic E-state index is 0.105. The number of ether oxygens (including phenoxy) is 1. The van der Waals surface area contributed by atoms with E-state index < -0.39 is 5.41 Å².